The Kier molecular flexibility index (Phi) is 5.22. The van der Waals surface area contributed by atoms with E-state index in [-0.39, 0.29) is 12.4 Å². The van der Waals surface area contributed by atoms with E-state index in [0.717, 1.165) is 11.3 Å². The highest BCUT2D eigenvalue weighted by molar-refractivity contribution is 6.03. The predicted molar refractivity (Wildman–Crippen MR) is 100 cm³/mol. The maximum absolute atomic E-state index is 12.1. The fourth-order valence-corrected chi connectivity index (χ4v) is 2.58. The monoisotopic (exact) mass is 352 g/mol. The summed E-state index contributed by atoms with van der Waals surface area (Å²) in [4.78, 5) is 16.5. The molecule has 6 heteroatoms. The minimum atomic E-state index is -0.389. The number of fused-ring (bicyclic) bond motifs is 1. The van der Waals surface area contributed by atoms with Crippen LogP contribution in [-0.2, 0) is 9.53 Å². The molecule has 0 saturated heterocycles. The molecule has 0 fully saturated rings. The average Bonchev–Trinajstić information content (AvgIpc) is 2.80. The standard InChI is InChI=1S/C20H20N2O4/c1-3-25-20(23)14-10-13-11-17(8-9-18(13)22-19(21)12-14)26-16-6-4-15(24-2)5-7-16/h4-11H,3,12H2,1-2H3,(H2,21,22). The van der Waals surface area contributed by atoms with Crippen LogP contribution in [0.3, 0.4) is 0 Å². The minimum absolute atomic E-state index is 0.252. The number of benzene rings is 2. The SMILES string of the molecule is CCOC(=O)C1=Cc2cc(Oc3ccc(OC)cc3)ccc2N=C(N)C1. The topological polar surface area (TPSA) is 83.1 Å². The number of carbonyl (C=O) groups is 1. The molecular weight excluding hydrogens is 332 g/mol. The summed E-state index contributed by atoms with van der Waals surface area (Å²) in [6.45, 7) is 2.07. The second kappa shape index (κ2) is 7.74. The molecule has 3 rings (SSSR count). The molecule has 0 radical (unpaired) electrons. The van der Waals surface area contributed by atoms with Crippen molar-refractivity contribution in [3.05, 3.63) is 53.6 Å². The number of rotatable bonds is 5. The first-order valence-corrected chi connectivity index (χ1v) is 8.25. The van der Waals surface area contributed by atoms with Gasteiger partial charge < -0.3 is 19.9 Å². The van der Waals surface area contributed by atoms with Crippen LogP contribution in [-0.4, -0.2) is 25.5 Å². The number of methoxy groups -OCH3 is 1. The number of carbonyl (C=O) groups excluding carboxylic acids is 1. The van der Waals surface area contributed by atoms with Crippen LogP contribution in [0.15, 0.2) is 53.0 Å². The first-order chi connectivity index (χ1) is 12.6. The highest BCUT2D eigenvalue weighted by Crippen LogP contribution is 2.32. The van der Waals surface area contributed by atoms with Crippen molar-refractivity contribution < 1.29 is 19.0 Å². The zero-order valence-electron chi connectivity index (χ0n) is 14.7. The molecule has 0 unspecified atom stereocenters. The molecule has 1 aliphatic heterocycles. The summed E-state index contributed by atoms with van der Waals surface area (Å²) in [5, 5.41) is 0. The predicted octanol–water partition coefficient (Wildman–Crippen LogP) is 3.83. The van der Waals surface area contributed by atoms with Crippen LogP contribution >= 0.6 is 0 Å². The molecule has 2 aromatic rings. The van der Waals surface area contributed by atoms with E-state index in [1.807, 2.05) is 42.5 Å². The van der Waals surface area contributed by atoms with Crippen LogP contribution < -0.4 is 15.2 Å². The van der Waals surface area contributed by atoms with Gasteiger partial charge in [-0.15, -0.1) is 0 Å². The lowest BCUT2D eigenvalue weighted by Gasteiger charge is -2.09. The molecule has 1 aliphatic rings. The molecule has 26 heavy (non-hydrogen) atoms. The zero-order chi connectivity index (χ0) is 18.5. The van der Waals surface area contributed by atoms with Gasteiger partial charge in [0, 0.05) is 17.6 Å². The van der Waals surface area contributed by atoms with E-state index in [1.54, 1.807) is 20.1 Å². The van der Waals surface area contributed by atoms with Crippen molar-refractivity contribution in [1.29, 1.82) is 0 Å². The third-order valence-corrected chi connectivity index (χ3v) is 3.80. The molecular formula is C20H20N2O4. The molecule has 0 amide bonds. The summed E-state index contributed by atoms with van der Waals surface area (Å²) in [5.41, 5.74) is 7.82. The van der Waals surface area contributed by atoms with Crippen molar-refractivity contribution in [2.45, 2.75) is 13.3 Å². The first kappa shape index (κ1) is 17.5. The Morgan fingerprint density at radius 2 is 1.81 bits per heavy atom. The lowest BCUT2D eigenvalue weighted by Crippen LogP contribution is -2.16. The molecule has 0 bridgehead atoms. The Morgan fingerprint density at radius 1 is 1.12 bits per heavy atom. The van der Waals surface area contributed by atoms with Crippen LogP contribution in [0.1, 0.15) is 18.9 Å². The summed E-state index contributed by atoms with van der Waals surface area (Å²) in [5.74, 6) is 2.04. The normalized spacial score (nSPS) is 13.0. The lowest BCUT2D eigenvalue weighted by molar-refractivity contribution is -0.138. The van der Waals surface area contributed by atoms with E-state index in [9.17, 15) is 4.79 Å². The quantitative estimate of drug-likeness (QED) is 0.827. The fraction of sp³-hybridized carbons (Fsp3) is 0.200. The maximum atomic E-state index is 12.1. The van der Waals surface area contributed by atoms with Gasteiger partial charge in [-0.05, 0) is 55.5 Å². The van der Waals surface area contributed by atoms with E-state index in [4.69, 9.17) is 19.9 Å². The van der Waals surface area contributed by atoms with Gasteiger partial charge in [-0.2, -0.15) is 0 Å². The zero-order valence-corrected chi connectivity index (χ0v) is 14.7. The Morgan fingerprint density at radius 3 is 2.50 bits per heavy atom. The van der Waals surface area contributed by atoms with Gasteiger partial charge in [0.15, 0.2) is 0 Å². The van der Waals surface area contributed by atoms with Crippen molar-refractivity contribution in [1.82, 2.24) is 0 Å². The number of esters is 1. The van der Waals surface area contributed by atoms with Crippen LogP contribution in [0.2, 0.25) is 0 Å². The van der Waals surface area contributed by atoms with Crippen LogP contribution in [0.5, 0.6) is 17.2 Å². The van der Waals surface area contributed by atoms with E-state index < -0.39 is 0 Å². The molecule has 0 aromatic heterocycles. The van der Waals surface area contributed by atoms with Gasteiger partial charge in [-0.1, -0.05) is 0 Å². The van der Waals surface area contributed by atoms with Crippen molar-refractivity contribution in [3.8, 4) is 17.2 Å². The number of hydrogen-bond donors (Lipinski definition) is 1. The van der Waals surface area contributed by atoms with Gasteiger partial charge in [0.25, 0.3) is 0 Å². The molecule has 0 saturated carbocycles. The second-order valence-electron chi connectivity index (χ2n) is 5.67. The van der Waals surface area contributed by atoms with Crippen molar-refractivity contribution in [2.75, 3.05) is 13.7 Å². The Hall–Kier alpha value is -3.28. The van der Waals surface area contributed by atoms with Gasteiger partial charge in [0.2, 0.25) is 0 Å². The molecule has 1 heterocycles. The summed E-state index contributed by atoms with van der Waals surface area (Å²) >= 11 is 0. The third kappa shape index (κ3) is 4.03. The molecule has 0 aliphatic carbocycles. The number of nitrogens with zero attached hydrogens (tertiary/aromatic N) is 1. The van der Waals surface area contributed by atoms with Gasteiger partial charge >= 0.3 is 5.97 Å². The Balaban J connectivity index is 1.90. The Bertz CT molecular complexity index is 870. The molecule has 2 N–H and O–H groups in total. The summed E-state index contributed by atoms with van der Waals surface area (Å²) in [6, 6.07) is 12.7. The lowest BCUT2D eigenvalue weighted by atomic mass is 10.1. The van der Waals surface area contributed by atoms with Crippen LogP contribution in [0, 0.1) is 0 Å². The number of amidine groups is 1. The molecule has 6 nitrogen and oxygen atoms in total. The summed E-state index contributed by atoms with van der Waals surface area (Å²) in [6.07, 6.45) is 2.00. The smallest absolute Gasteiger partial charge is 0.334 e. The molecule has 134 valence electrons. The van der Waals surface area contributed by atoms with E-state index in [2.05, 4.69) is 4.99 Å². The van der Waals surface area contributed by atoms with Crippen LogP contribution in [0.4, 0.5) is 5.69 Å². The fourth-order valence-electron chi connectivity index (χ4n) is 2.58. The van der Waals surface area contributed by atoms with Crippen molar-refractivity contribution in [3.63, 3.8) is 0 Å². The molecule has 0 atom stereocenters. The molecule has 2 aromatic carbocycles. The second-order valence-corrected chi connectivity index (χ2v) is 5.67. The minimum Gasteiger partial charge on any atom is -0.497 e. The summed E-state index contributed by atoms with van der Waals surface area (Å²) < 4.78 is 16.1. The van der Waals surface area contributed by atoms with Gasteiger partial charge in [0.1, 0.15) is 23.1 Å². The van der Waals surface area contributed by atoms with E-state index in [0.29, 0.717) is 35.2 Å². The number of nitrogens with two attached hydrogens (primary N) is 1. The van der Waals surface area contributed by atoms with Gasteiger partial charge in [0.05, 0.1) is 19.4 Å². The third-order valence-electron chi connectivity index (χ3n) is 3.80. The summed E-state index contributed by atoms with van der Waals surface area (Å²) in [7, 11) is 1.61. The number of hydrogen-bond acceptors (Lipinski definition) is 6. The molecule has 0 spiro atoms. The van der Waals surface area contributed by atoms with E-state index in [1.165, 1.54) is 0 Å². The highest BCUT2D eigenvalue weighted by atomic mass is 16.5. The maximum Gasteiger partial charge on any atom is 0.334 e. The first-order valence-electron chi connectivity index (χ1n) is 8.25. The van der Waals surface area contributed by atoms with Crippen molar-refractivity contribution >= 4 is 23.6 Å². The van der Waals surface area contributed by atoms with Gasteiger partial charge in [-0.25, -0.2) is 9.79 Å². The van der Waals surface area contributed by atoms with Crippen molar-refractivity contribution in [2.24, 2.45) is 10.7 Å². The number of aliphatic imine (C=N–C) groups is 1. The number of ether oxygens (including phenoxy) is 3. The van der Waals surface area contributed by atoms with Crippen LogP contribution in [0.25, 0.3) is 6.08 Å². The Labute approximate surface area is 151 Å². The van der Waals surface area contributed by atoms with Gasteiger partial charge in [-0.3, -0.25) is 0 Å². The highest BCUT2D eigenvalue weighted by Gasteiger charge is 2.17. The average molecular weight is 352 g/mol. The van der Waals surface area contributed by atoms with E-state index >= 15 is 0 Å². The largest absolute Gasteiger partial charge is 0.497 e.